The highest BCUT2D eigenvalue weighted by Gasteiger charge is 2.10. The number of halogens is 4. The van der Waals surface area contributed by atoms with Gasteiger partial charge in [0.25, 0.3) is 0 Å². The molecule has 0 saturated heterocycles. The van der Waals surface area contributed by atoms with Crippen molar-refractivity contribution in [3.05, 3.63) is 34.6 Å². The van der Waals surface area contributed by atoms with Crippen molar-refractivity contribution in [2.24, 2.45) is 5.92 Å². The third-order valence-corrected chi connectivity index (χ3v) is 3.18. The Morgan fingerprint density at radius 1 is 1.21 bits per heavy atom. The van der Waals surface area contributed by atoms with Gasteiger partial charge in [-0.05, 0) is 30.0 Å². The number of benzene rings is 1. The van der Waals surface area contributed by atoms with Gasteiger partial charge in [0.05, 0.1) is 0 Å². The zero-order chi connectivity index (χ0) is 10.6. The molecule has 0 spiro atoms. The van der Waals surface area contributed by atoms with E-state index in [2.05, 4.69) is 0 Å². The molecule has 0 heterocycles. The van der Waals surface area contributed by atoms with Gasteiger partial charge in [0.2, 0.25) is 0 Å². The van der Waals surface area contributed by atoms with E-state index in [1.54, 1.807) is 6.07 Å². The predicted octanol–water partition coefficient (Wildman–Crippen LogP) is 4.12. The summed E-state index contributed by atoms with van der Waals surface area (Å²) in [6.07, 6.45) is 0.687. The lowest BCUT2D eigenvalue weighted by molar-refractivity contribution is 0.623. The fraction of sp³-hybridized carbons (Fsp3) is 0.400. The topological polar surface area (TPSA) is 0 Å². The highest BCUT2D eigenvalue weighted by atomic mass is 35.5. The van der Waals surface area contributed by atoms with Crippen LogP contribution in [0, 0.1) is 11.7 Å². The van der Waals surface area contributed by atoms with Gasteiger partial charge in [-0.1, -0.05) is 17.7 Å². The summed E-state index contributed by atoms with van der Waals surface area (Å²) >= 11 is 17.3. The zero-order valence-electron chi connectivity index (χ0n) is 7.44. The Morgan fingerprint density at radius 3 is 2.36 bits per heavy atom. The van der Waals surface area contributed by atoms with Crippen LogP contribution in [-0.4, -0.2) is 11.8 Å². The lowest BCUT2D eigenvalue weighted by Crippen LogP contribution is -2.08. The van der Waals surface area contributed by atoms with Crippen LogP contribution in [0.5, 0.6) is 0 Å². The van der Waals surface area contributed by atoms with E-state index in [0.29, 0.717) is 23.2 Å². The molecule has 14 heavy (non-hydrogen) atoms. The van der Waals surface area contributed by atoms with Crippen molar-refractivity contribution < 1.29 is 4.39 Å². The largest absolute Gasteiger partial charge is 0.207 e. The molecule has 0 nitrogen and oxygen atoms in total. The molecule has 0 radical (unpaired) electrons. The quantitative estimate of drug-likeness (QED) is 0.710. The van der Waals surface area contributed by atoms with E-state index in [1.807, 2.05) is 0 Å². The van der Waals surface area contributed by atoms with Crippen molar-refractivity contribution >= 4 is 34.8 Å². The predicted molar refractivity (Wildman–Crippen MR) is 60.0 cm³/mol. The number of hydrogen-bond donors (Lipinski definition) is 0. The van der Waals surface area contributed by atoms with E-state index in [-0.39, 0.29) is 11.7 Å². The molecule has 0 aliphatic heterocycles. The molecule has 0 bridgehead atoms. The standard InChI is InChI=1S/C10H10Cl3F/c11-5-7(6-12)3-8-1-2-9(14)4-10(8)13/h1-2,4,7H,3,5-6H2. The first-order valence-electron chi connectivity index (χ1n) is 4.23. The van der Waals surface area contributed by atoms with Crippen LogP contribution in [0.1, 0.15) is 5.56 Å². The molecular weight excluding hydrogens is 245 g/mol. The normalized spacial score (nSPS) is 10.9. The Bertz CT molecular complexity index is 297. The summed E-state index contributed by atoms with van der Waals surface area (Å²) in [5.41, 5.74) is 0.888. The van der Waals surface area contributed by atoms with Crippen molar-refractivity contribution in [2.75, 3.05) is 11.8 Å². The van der Waals surface area contributed by atoms with Crippen molar-refractivity contribution in [2.45, 2.75) is 6.42 Å². The molecule has 0 aliphatic carbocycles. The molecular formula is C10H10Cl3F. The lowest BCUT2D eigenvalue weighted by Gasteiger charge is -2.11. The fourth-order valence-electron chi connectivity index (χ4n) is 1.15. The maximum atomic E-state index is 12.7. The van der Waals surface area contributed by atoms with Crippen LogP contribution in [0.4, 0.5) is 4.39 Å². The van der Waals surface area contributed by atoms with E-state index in [9.17, 15) is 4.39 Å². The SMILES string of the molecule is Fc1ccc(CC(CCl)CCl)c(Cl)c1. The van der Waals surface area contributed by atoms with Gasteiger partial charge in [-0.3, -0.25) is 0 Å². The summed E-state index contributed by atoms with van der Waals surface area (Å²) in [6.45, 7) is 0. The summed E-state index contributed by atoms with van der Waals surface area (Å²) in [7, 11) is 0. The molecule has 1 rings (SSSR count). The van der Waals surface area contributed by atoms with Crippen molar-refractivity contribution in [1.29, 1.82) is 0 Å². The number of rotatable bonds is 4. The summed E-state index contributed by atoms with van der Waals surface area (Å²) in [5.74, 6) is 0.822. The molecule has 0 unspecified atom stereocenters. The lowest BCUT2D eigenvalue weighted by atomic mass is 10.0. The second-order valence-electron chi connectivity index (χ2n) is 3.11. The number of hydrogen-bond acceptors (Lipinski definition) is 0. The van der Waals surface area contributed by atoms with Crippen LogP contribution in [-0.2, 0) is 6.42 Å². The molecule has 0 saturated carbocycles. The van der Waals surface area contributed by atoms with Crippen LogP contribution in [0.2, 0.25) is 5.02 Å². The van der Waals surface area contributed by atoms with Gasteiger partial charge in [-0.2, -0.15) is 0 Å². The Hall–Kier alpha value is 0.0200. The van der Waals surface area contributed by atoms with Gasteiger partial charge in [0, 0.05) is 16.8 Å². The molecule has 1 aromatic carbocycles. The summed E-state index contributed by atoms with van der Waals surface area (Å²) in [4.78, 5) is 0. The molecule has 0 N–H and O–H groups in total. The average molecular weight is 256 g/mol. The highest BCUT2D eigenvalue weighted by molar-refractivity contribution is 6.31. The van der Waals surface area contributed by atoms with Crippen LogP contribution in [0.15, 0.2) is 18.2 Å². The van der Waals surface area contributed by atoms with E-state index in [1.165, 1.54) is 12.1 Å². The van der Waals surface area contributed by atoms with Crippen molar-refractivity contribution in [3.8, 4) is 0 Å². The van der Waals surface area contributed by atoms with E-state index < -0.39 is 0 Å². The fourth-order valence-corrected chi connectivity index (χ4v) is 1.94. The van der Waals surface area contributed by atoms with Crippen LogP contribution >= 0.6 is 34.8 Å². The van der Waals surface area contributed by atoms with Gasteiger partial charge >= 0.3 is 0 Å². The van der Waals surface area contributed by atoms with E-state index in [0.717, 1.165) is 5.56 Å². The van der Waals surface area contributed by atoms with Crippen LogP contribution in [0.3, 0.4) is 0 Å². The first-order valence-corrected chi connectivity index (χ1v) is 5.68. The zero-order valence-corrected chi connectivity index (χ0v) is 9.71. The van der Waals surface area contributed by atoms with Crippen molar-refractivity contribution in [3.63, 3.8) is 0 Å². The summed E-state index contributed by atoms with van der Waals surface area (Å²) in [5, 5.41) is 0.435. The maximum absolute atomic E-state index is 12.7. The van der Waals surface area contributed by atoms with Gasteiger partial charge in [-0.15, -0.1) is 23.2 Å². The third kappa shape index (κ3) is 3.30. The monoisotopic (exact) mass is 254 g/mol. The Kier molecular flexibility index (Phi) is 5.00. The summed E-state index contributed by atoms with van der Waals surface area (Å²) < 4.78 is 12.7. The molecule has 1 aromatic rings. The van der Waals surface area contributed by atoms with Crippen LogP contribution in [0.25, 0.3) is 0 Å². The minimum atomic E-state index is -0.327. The smallest absolute Gasteiger partial charge is 0.124 e. The van der Waals surface area contributed by atoms with Gasteiger partial charge in [-0.25, -0.2) is 4.39 Å². The minimum Gasteiger partial charge on any atom is -0.207 e. The number of alkyl halides is 2. The van der Waals surface area contributed by atoms with Crippen LogP contribution < -0.4 is 0 Å². The van der Waals surface area contributed by atoms with Gasteiger partial charge < -0.3 is 0 Å². The molecule has 78 valence electrons. The molecule has 0 atom stereocenters. The first kappa shape index (κ1) is 12.1. The Morgan fingerprint density at radius 2 is 1.86 bits per heavy atom. The van der Waals surface area contributed by atoms with Crippen molar-refractivity contribution in [1.82, 2.24) is 0 Å². The molecule has 0 aliphatic rings. The molecule has 0 aromatic heterocycles. The molecule has 0 fully saturated rings. The van der Waals surface area contributed by atoms with E-state index in [4.69, 9.17) is 34.8 Å². The summed E-state index contributed by atoms with van der Waals surface area (Å²) in [6, 6.07) is 4.36. The van der Waals surface area contributed by atoms with Gasteiger partial charge in [0.1, 0.15) is 5.82 Å². The van der Waals surface area contributed by atoms with Gasteiger partial charge in [0.15, 0.2) is 0 Å². The third-order valence-electron chi connectivity index (χ3n) is 1.96. The molecule has 4 heteroatoms. The second kappa shape index (κ2) is 5.79. The average Bonchev–Trinajstić information content (AvgIpc) is 2.17. The maximum Gasteiger partial charge on any atom is 0.124 e. The van der Waals surface area contributed by atoms with E-state index >= 15 is 0 Å². The highest BCUT2D eigenvalue weighted by Crippen LogP contribution is 2.21. The molecule has 0 amide bonds. The second-order valence-corrected chi connectivity index (χ2v) is 4.14. The Balaban J connectivity index is 2.76. The first-order chi connectivity index (χ1) is 6.67. The minimum absolute atomic E-state index is 0.182. The Labute approximate surface area is 98.0 Å².